The Kier molecular flexibility index (Phi) is 3.25. The first-order valence-corrected chi connectivity index (χ1v) is 5.38. The smallest absolute Gasteiger partial charge is 0.0822 e. The van der Waals surface area contributed by atoms with Crippen molar-refractivity contribution in [3.05, 3.63) is 11.8 Å². The fraction of sp³-hybridized carbons (Fsp3) is 0.833. The summed E-state index contributed by atoms with van der Waals surface area (Å²) in [5, 5.41) is 10.1. The molecule has 0 aromatic rings. The number of rotatable bonds is 2. The first-order valence-electron chi connectivity index (χ1n) is 5.38. The van der Waals surface area contributed by atoms with Gasteiger partial charge >= 0.3 is 0 Å². The molecule has 2 atom stereocenters. The molecule has 1 fully saturated rings. The zero-order chi connectivity index (χ0) is 10.8. The van der Waals surface area contributed by atoms with Crippen LogP contribution in [-0.2, 0) is 4.74 Å². The molecule has 82 valence electrons. The minimum atomic E-state index is -0.504. The van der Waals surface area contributed by atoms with Crippen LogP contribution >= 0.6 is 0 Å². The normalized spacial score (nSPS) is 41.4. The summed E-state index contributed by atoms with van der Waals surface area (Å²) in [6.45, 7) is 6.32. The Morgan fingerprint density at radius 2 is 2.14 bits per heavy atom. The van der Waals surface area contributed by atoms with Gasteiger partial charge in [-0.05, 0) is 43.6 Å². The van der Waals surface area contributed by atoms with Crippen LogP contribution in [0.4, 0.5) is 0 Å². The number of ether oxygens (including phenoxy) is 1. The molecule has 2 nitrogen and oxygen atoms in total. The lowest BCUT2D eigenvalue weighted by Gasteiger charge is -2.43. The van der Waals surface area contributed by atoms with Crippen LogP contribution in [0.5, 0.6) is 0 Å². The van der Waals surface area contributed by atoms with Crippen LogP contribution in [0.1, 0.15) is 46.5 Å². The Balaban J connectivity index is 2.87. The molecule has 1 aliphatic rings. The topological polar surface area (TPSA) is 29.5 Å². The van der Waals surface area contributed by atoms with Crippen molar-refractivity contribution in [2.45, 2.75) is 52.1 Å². The monoisotopic (exact) mass is 198 g/mol. The van der Waals surface area contributed by atoms with Crippen molar-refractivity contribution in [2.75, 3.05) is 7.11 Å². The van der Waals surface area contributed by atoms with Gasteiger partial charge in [-0.1, -0.05) is 13.8 Å². The molecule has 0 amide bonds. The van der Waals surface area contributed by atoms with Gasteiger partial charge in [0.1, 0.15) is 0 Å². The lowest BCUT2D eigenvalue weighted by molar-refractivity contribution is -0.00923. The van der Waals surface area contributed by atoms with Gasteiger partial charge in [0.2, 0.25) is 0 Å². The summed E-state index contributed by atoms with van der Waals surface area (Å²) >= 11 is 0. The molecule has 0 aliphatic heterocycles. The summed E-state index contributed by atoms with van der Waals surface area (Å²) in [7, 11) is 1.69. The van der Waals surface area contributed by atoms with Gasteiger partial charge in [-0.2, -0.15) is 0 Å². The average molecular weight is 198 g/mol. The summed E-state index contributed by atoms with van der Waals surface area (Å²) < 4.78 is 5.10. The minimum Gasteiger partial charge on any atom is -0.504 e. The molecule has 0 unspecified atom stereocenters. The number of allylic oxidation sites excluding steroid dienone is 1. The molecule has 0 saturated heterocycles. The second-order valence-corrected chi connectivity index (χ2v) is 4.97. The van der Waals surface area contributed by atoms with E-state index in [1.807, 2.05) is 13.2 Å². The first-order chi connectivity index (χ1) is 6.43. The summed E-state index contributed by atoms with van der Waals surface area (Å²) in [4.78, 5) is 0. The summed E-state index contributed by atoms with van der Waals surface area (Å²) in [5.74, 6) is 0. The first kappa shape index (κ1) is 11.6. The SMILES string of the molecule is CC[C@@]1(C)C[C@](C)(O)CC/C1=C\OC. The van der Waals surface area contributed by atoms with Crippen molar-refractivity contribution < 1.29 is 9.84 Å². The predicted octanol–water partition coefficient (Wildman–Crippen LogP) is 2.87. The van der Waals surface area contributed by atoms with Gasteiger partial charge in [0.25, 0.3) is 0 Å². The quantitative estimate of drug-likeness (QED) is 0.691. The third-order valence-corrected chi connectivity index (χ3v) is 3.52. The van der Waals surface area contributed by atoms with Gasteiger partial charge in [-0.25, -0.2) is 0 Å². The largest absolute Gasteiger partial charge is 0.504 e. The molecule has 1 N–H and O–H groups in total. The highest BCUT2D eigenvalue weighted by atomic mass is 16.5. The molecular weight excluding hydrogens is 176 g/mol. The van der Waals surface area contributed by atoms with E-state index >= 15 is 0 Å². The van der Waals surface area contributed by atoms with Gasteiger partial charge in [-0.15, -0.1) is 0 Å². The fourth-order valence-electron chi connectivity index (χ4n) is 2.44. The van der Waals surface area contributed by atoms with Crippen LogP contribution < -0.4 is 0 Å². The molecule has 1 saturated carbocycles. The summed E-state index contributed by atoms with van der Waals surface area (Å²) in [5.41, 5.74) is 0.946. The van der Waals surface area contributed by atoms with Crippen molar-refractivity contribution in [1.82, 2.24) is 0 Å². The van der Waals surface area contributed by atoms with E-state index in [1.165, 1.54) is 5.57 Å². The maximum absolute atomic E-state index is 10.1. The zero-order valence-electron chi connectivity index (χ0n) is 9.76. The van der Waals surface area contributed by atoms with Gasteiger partial charge in [0.05, 0.1) is 19.0 Å². The van der Waals surface area contributed by atoms with Crippen LogP contribution in [0.3, 0.4) is 0 Å². The van der Waals surface area contributed by atoms with Gasteiger partial charge < -0.3 is 9.84 Å². The van der Waals surface area contributed by atoms with E-state index in [0.29, 0.717) is 0 Å². The number of aliphatic hydroxyl groups is 1. The lowest BCUT2D eigenvalue weighted by Crippen LogP contribution is -2.38. The van der Waals surface area contributed by atoms with E-state index in [-0.39, 0.29) is 5.41 Å². The highest BCUT2D eigenvalue weighted by molar-refractivity contribution is 5.16. The molecule has 0 radical (unpaired) electrons. The molecule has 0 heterocycles. The second-order valence-electron chi connectivity index (χ2n) is 4.97. The molecule has 0 aromatic heterocycles. The van der Waals surface area contributed by atoms with Crippen molar-refractivity contribution >= 4 is 0 Å². The van der Waals surface area contributed by atoms with Crippen molar-refractivity contribution in [2.24, 2.45) is 5.41 Å². The molecule has 0 aromatic carbocycles. The van der Waals surface area contributed by atoms with Crippen LogP contribution in [0.15, 0.2) is 11.8 Å². The van der Waals surface area contributed by atoms with E-state index < -0.39 is 5.60 Å². The van der Waals surface area contributed by atoms with Gasteiger partial charge in [-0.3, -0.25) is 0 Å². The summed E-state index contributed by atoms with van der Waals surface area (Å²) in [6.07, 6.45) is 5.55. The van der Waals surface area contributed by atoms with E-state index in [2.05, 4.69) is 13.8 Å². The van der Waals surface area contributed by atoms with Crippen molar-refractivity contribution in [3.8, 4) is 0 Å². The molecule has 1 rings (SSSR count). The third kappa shape index (κ3) is 2.30. The molecular formula is C12H22O2. The lowest BCUT2D eigenvalue weighted by atomic mass is 9.65. The standard InChI is InChI=1S/C12H22O2/c1-5-11(2)9-12(3,13)7-6-10(11)8-14-4/h8,13H,5-7,9H2,1-4H3/b10-8+/t11-,12+/m0/s1. The van der Waals surface area contributed by atoms with Crippen LogP contribution in [0.25, 0.3) is 0 Å². The second kappa shape index (κ2) is 3.93. The number of hydrogen-bond acceptors (Lipinski definition) is 2. The Bertz CT molecular complexity index is 230. The van der Waals surface area contributed by atoms with Crippen LogP contribution in [-0.4, -0.2) is 17.8 Å². The van der Waals surface area contributed by atoms with Crippen LogP contribution in [0, 0.1) is 5.41 Å². The Morgan fingerprint density at radius 1 is 1.50 bits per heavy atom. The van der Waals surface area contributed by atoms with E-state index in [1.54, 1.807) is 7.11 Å². The van der Waals surface area contributed by atoms with Crippen molar-refractivity contribution in [3.63, 3.8) is 0 Å². The molecule has 14 heavy (non-hydrogen) atoms. The molecule has 0 spiro atoms. The number of methoxy groups -OCH3 is 1. The third-order valence-electron chi connectivity index (χ3n) is 3.52. The van der Waals surface area contributed by atoms with Gasteiger partial charge in [0, 0.05) is 0 Å². The maximum atomic E-state index is 10.1. The Labute approximate surface area is 87.0 Å². The predicted molar refractivity (Wildman–Crippen MR) is 58.0 cm³/mol. The maximum Gasteiger partial charge on any atom is 0.0822 e. The zero-order valence-corrected chi connectivity index (χ0v) is 9.76. The van der Waals surface area contributed by atoms with Crippen molar-refractivity contribution in [1.29, 1.82) is 0 Å². The highest BCUT2D eigenvalue weighted by Gasteiger charge is 2.40. The van der Waals surface area contributed by atoms with E-state index in [4.69, 9.17) is 4.74 Å². The molecule has 0 bridgehead atoms. The minimum absolute atomic E-state index is 0.109. The van der Waals surface area contributed by atoms with Crippen LogP contribution in [0.2, 0.25) is 0 Å². The summed E-state index contributed by atoms with van der Waals surface area (Å²) in [6, 6.07) is 0. The highest BCUT2D eigenvalue weighted by Crippen LogP contribution is 2.47. The van der Waals surface area contributed by atoms with E-state index in [0.717, 1.165) is 25.7 Å². The average Bonchev–Trinajstić information content (AvgIpc) is 2.09. The molecule has 2 heteroatoms. The Morgan fingerprint density at radius 3 is 2.64 bits per heavy atom. The van der Waals surface area contributed by atoms with E-state index in [9.17, 15) is 5.11 Å². The number of hydrogen-bond donors (Lipinski definition) is 1. The Hall–Kier alpha value is -0.500. The van der Waals surface area contributed by atoms with Gasteiger partial charge in [0.15, 0.2) is 0 Å². The fourth-order valence-corrected chi connectivity index (χ4v) is 2.44. The molecule has 1 aliphatic carbocycles.